The van der Waals surface area contributed by atoms with E-state index < -0.39 is 0 Å². The molecule has 2 rings (SSSR count). The van der Waals surface area contributed by atoms with E-state index in [4.69, 9.17) is 0 Å². The van der Waals surface area contributed by atoms with Crippen molar-refractivity contribution in [1.29, 1.82) is 0 Å². The Morgan fingerprint density at radius 1 is 1.56 bits per heavy atom. The molecular formula is C13H21N3. The molecule has 0 aliphatic carbocycles. The molecule has 3 nitrogen and oxygen atoms in total. The summed E-state index contributed by atoms with van der Waals surface area (Å²) in [6.45, 7) is 6.68. The number of pyridine rings is 1. The molecule has 0 saturated carbocycles. The fourth-order valence-corrected chi connectivity index (χ4v) is 2.40. The first-order valence-electron chi connectivity index (χ1n) is 6.23. The van der Waals surface area contributed by atoms with E-state index in [1.54, 1.807) is 0 Å². The topological polar surface area (TPSA) is 28.2 Å². The lowest BCUT2D eigenvalue weighted by molar-refractivity contribution is 0.184. The number of likely N-dealkylation sites (N-methyl/N-ethyl adjacent to an activating group) is 1. The first kappa shape index (κ1) is 11.6. The van der Waals surface area contributed by atoms with Crippen LogP contribution in [0.5, 0.6) is 0 Å². The SMILES string of the molecule is CCNC1CCCN(Cc2cccnc2)C1. The average molecular weight is 219 g/mol. The second-order valence-electron chi connectivity index (χ2n) is 4.49. The Kier molecular flexibility index (Phi) is 4.31. The van der Waals surface area contributed by atoms with Crippen LogP contribution in [-0.4, -0.2) is 35.6 Å². The van der Waals surface area contributed by atoms with E-state index in [-0.39, 0.29) is 0 Å². The van der Waals surface area contributed by atoms with Crippen molar-refractivity contribution in [1.82, 2.24) is 15.2 Å². The minimum Gasteiger partial charge on any atom is -0.313 e. The van der Waals surface area contributed by atoms with Gasteiger partial charge in [0.05, 0.1) is 0 Å². The molecule has 0 aromatic carbocycles. The van der Waals surface area contributed by atoms with Crippen molar-refractivity contribution >= 4 is 0 Å². The summed E-state index contributed by atoms with van der Waals surface area (Å²) in [4.78, 5) is 6.68. The third-order valence-corrected chi connectivity index (χ3v) is 3.13. The summed E-state index contributed by atoms with van der Waals surface area (Å²) in [5.41, 5.74) is 1.32. The number of aromatic nitrogens is 1. The Morgan fingerprint density at radius 3 is 3.25 bits per heavy atom. The molecule has 1 aliphatic rings. The number of piperidine rings is 1. The molecule has 1 N–H and O–H groups in total. The number of nitrogens with zero attached hydrogens (tertiary/aromatic N) is 2. The average Bonchev–Trinajstić information content (AvgIpc) is 2.31. The van der Waals surface area contributed by atoms with Crippen molar-refractivity contribution < 1.29 is 0 Å². The number of likely N-dealkylation sites (tertiary alicyclic amines) is 1. The molecule has 88 valence electrons. The van der Waals surface area contributed by atoms with Crippen molar-refractivity contribution in [3.8, 4) is 0 Å². The van der Waals surface area contributed by atoms with Crippen LogP contribution in [0.15, 0.2) is 24.5 Å². The lowest BCUT2D eigenvalue weighted by Gasteiger charge is -2.33. The second kappa shape index (κ2) is 5.97. The van der Waals surface area contributed by atoms with Crippen molar-refractivity contribution in [3.63, 3.8) is 0 Å². The summed E-state index contributed by atoms with van der Waals surface area (Å²) in [6, 6.07) is 4.85. The van der Waals surface area contributed by atoms with Gasteiger partial charge in [0.15, 0.2) is 0 Å². The van der Waals surface area contributed by atoms with E-state index in [0.717, 1.165) is 13.1 Å². The molecule has 16 heavy (non-hydrogen) atoms. The lowest BCUT2D eigenvalue weighted by Crippen LogP contribution is -2.45. The van der Waals surface area contributed by atoms with E-state index >= 15 is 0 Å². The maximum Gasteiger partial charge on any atom is 0.0312 e. The smallest absolute Gasteiger partial charge is 0.0312 e. The summed E-state index contributed by atoms with van der Waals surface area (Å²) in [6.07, 6.45) is 6.42. The Morgan fingerprint density at radius 2 is 2.50 bits per heavy atom. The summed E-state index contributed by atoms with van der Waals surface area (Å²) in [7, 11) is 0. The maximum absolute atomic E-state index is 4.16. The van der Waals surface area contributed by atoms with Crippen LogP contribution in [-0.2, 0) is 6.54 Å². The molecule has 0 bridgehead atoms. The van der Waals surface area contributed by atoms with Gasteiger partial charge < -0.3 is 5.32 Å². The quantitative estimate of drug-likeness (QED) is 0.834. The zero-order valence-corrected chi connectivity index (χ0v) is 10.0. The van der Waals surface area contributed by atoms with Gasteiger partial charge >= 0.3 is 0 Å². The Bertz CT molecular complexity index is 297. The summed E-state index contributed by atoms with van der Waals surface area (Å²) in [5.74, 6) is 0. The third kappa shape index (κ3) is 3.29. The Balaban J connectivity index is 1.85. The number of hydrogen-bond acceptors (Lipinski definition) is 3. The number of rotatable bonds is 4. The Hall–Kier alpha value is -0.930. The van der Waals surface area contributed by atoms with Gasteiger partial charge in [-0.05, 0) is 37.6 Å². The first-order valence-corrected chi connectivity index (χ1v) is 6.23. The largest absolute Gasteiger partial charge is 0.313 e. The van der Waals surface area contributed by atoms with Crippen LogP contribution in [0.2, 0.25) is 0 Å². The fraction of sp³-hybridized carbons (Fsp3) is 0.615. The number of hydrogen-bond donors (Lipinski definition) is 1. The Labute approximate surface area is 97.9 Å². The van der Waals surface area contributed by atoms with Crippen LogP contribution in [0.1, 0.15) is 25.3 Å². The molecule has 2 heterocycles. The van der Waals surface area contributed by atoms with E-state index in [1.807, 2.05) is 18.5 Å². The van der Waals surface area contributed by atoms with Crippen LogP contribution < -0.4 is 5.32 Å². The molecular weight excluding hydrogens is 198 g/mol. The van der Waals surface area contributed by atoms with Gasteiger partial charge in [-0.15, -0.1) is 0 Å². The van der Waals surface area contributed by atoms with Crippen molar-refractivity contribution in [2.45, 2.75) is 32.4 Å². The molecule has 1 aliphatic heterocycles. The van der Waals surface area contributed by atoms with Gasteiger partial charge in [0.2, 0.25) is 0 Å². The molecule has 0 radical (unpaired) electrons. The van der Waals surface area contributed by atoms with Gasteiger partial charge in [0.1, 0.15) is 0 Å². The van der Waals surface area contributed by atoms with E-state index in [1.165, 1.54) is 31.5 Å². The minimum atomic E-state index is 0.676. The highest BCUT2D eigenvalue weighted by Gasteiger charge is 2.18. The standard InChI is InChI=1S/C13H21N3/c1-2-15-13-6-4-8-16(11-13)10-12-5-3-7-14-9-12/h3,5,7,9,13,15H,2,4,6,8,10-11H2,1H3. The molecule has 0 amide bonds. The van der Waals surface area contributed by atoms with Crippen LogP contribution in [0.25, 0.3) is 0 Å². The lowest BCUT2D eigenvalue weighted by atomic mass is 10.1. The molecule has 1 fully saturated rings. The van der Waals surface area contributed by atoms with Crippen molar-refractivity contribution in [2.24, 2.45) is 0 Å². The predicted molar refractivity (Wildman–Crippen MR) is 66.2 cm³/mol. The highest BCUT2D eigenvalue weighted by Crippen LogP contribution is 2.12. The zero-order chi connectivity index (χ0) is 11.2. The van der Waals surface area contributed by atoms with Gasteiger partial charge in [-0.2, -0.15) is 0 Å². The number of nitrogens with one attached hydrogen (secondary N) is 1. The zero-order valence-electron chi connectivity index (χ0n) is 10.0. The summed E-state index contributed by atoms with van der Waals surface area (Å²) >= 11 is 0. The fourth-order valence-electron chi connectivity index (χ4n) is 2.40. The van der Waals surface area contributed by atoms with Crippen LogP contribution in [0, 0.1) is 0 Å². The van der Waals surface area contributed by atoms with Crippen LogP contribution in [0.4, 0.5) is 0 Å². The molecule has 1 aromatic heterocycles. The minimum absolute atomic E-state index is 0.676. The molecule has 1 atom stereocenters. The maximum atomic E-state index is 4.16. The predicted octanol–water partition coefficient (Wildman–Crippen LogP) is 1.66. The van der Waals surface area contributed by atoms with Crippen LogP contribution in [0.3, 0.4) is 0 Å². The normalized spacial score (nSPS) is 22.2. The first-order chi connectivity index (χ1) is 7.88. The van der Waals surface area contributed by atoms with E-state index in [9.17, 15) is 0 Å². The highest BCUT2D eigenvalue weighted by atomic mass is 15.2. The van der Waals surface area contributed by atoms with Gasteiger partial charge in [0, 0.05) is 31.5 Å². The molecule has 3 heteroatoms. The van der Waals surface area contributed by atoms with Crippen LogP contribution >= 0.6 is 0 Å². The van der Waals surface area contributed by atoms with Crippen molar-refractivity contribution in [2.75, 3.05) is 19.6 Å². The molecule has 1 aromatic rings. The molecule has 1 unspecified atom stereocenters. The summed E-state index contributed by atoms with van der Waals surface area (Å²) < 4.78 is 0. The van der Waals surface area contributed by atoms with Gasteiger partial charge in [-0.25, -0.2) is 0 Å². The van der Waals surface area contributed by atoms with Gasteiger partial charge in [-0.1, -0.05) is 13.0 Å². The second-order valence-corrected chi connectivity index (χ2v) is 4.49. The monoisotopic (exact) mass is 219 g/mol. The van der Waals surface area contributed by atoms with E-state index in [0.29, 0.717) is 6.04 Å². The highest BCUT2D eigenvalue weighted by molar-refractivity contribution is 5.08. The summed E-state index contributed by atoms with van der Waals surface area (Å²) in [5, 5.41) is 3.54. The van der Waals surface area contributed by atoms with Gasteiger partial charge in [0.25, 0.3) is 0 Å². The van der Waals surface area contributed by atoms with Crippen molar-refractivity contribution in [3.05, 3.63) is 30.1 Å². The molecule has 0 spiro atoms. The molecule has 1 saturated heterocycles. The third-order valence-electron chi connectivity index (χ3n) is 3.13. The van der Waals surface area contributed by atoms with Gasteiger partial charge in [-0.3, -0.25) is 9.88 Å². The van der Waals surface area contributed by atoms with E-state index in [2.05, 4.69) is 28.2 Å².